The molecule has 6 heteroatoms. The number of aromatic nitrogens is 4. The molecular weight excluding hydrogens is 338 g/mol. The Bertz CT molecular complexity index is 960. The van der Waals surface area contributed by atoms with Gasteiger partial charge in [-0.2, -0.15) is 0 Å². The van der Waals surface area contributed by atoms with Gasteiger partial charge in [0.2, 0.25) is 0 Å². The van der Waals surface area contributed by atoms with Crippen LogP contribution in [0.3, 0.4) is 0 Å². The van der Waals surface area contributed by atoms with Crippen LogP contribution >= 0.6 is 0 Å². The van der Waals surface area contributed by atoms with E-state index in [0.29, 0.717) is 6.54 Å². The summed E-state index contributed by atoms with van der Waals surface area (Å²) in [4.78, 5) is 26.7. The van der Waals surface area contributed by atoms with Gasteiger partial charge in [-0.15, -0.1) is 0 Å². The summed E-state index contributed by atoms with van der Waals surface area (Å²) in [6, 6.07) is 10.4. The number of nitrogens with zero attached hydrogens (tertiary/aromatic N) is 4. The van der Waals surface area contributed by atoms with Crippen LogP contribution in [-0.2, 0) is 32.5 Å². The molecule has 0 bridgehead atoms. The summed E-state index contributed by atoms with van der Waals surface area (Å²) in [6.07, 6.45) is 6.43. The Kier molecular flexibility index (Phi) is 5.16. The molecule has 0 spiro atoms. The highest BCUT2D eigenvalue weighted by atomic mass is 16.1. The van der Waals surface area contributed by atoms with Crippen LogP contribution in [0.5, 0.6) is 0 Å². The van der Waals surface area contributed by atoms with E-state index in [1.165, 1.54) is 5.56 Å². The van der Waals surface area contributed by atoms with Crippen molar-refractivity contribution in [1.82, 2.24) is 24.4 Å². The molecule has 1 aromatic carbocycles. The van der Waals surface area contributed by atoms with Crippen LogP contribution in [0.1, 0.15) is 41.7 Å². The first-order valence-corrected chi connectivity index (χ1v) is 9.59. The standard InChI is InChI=1S/C21H25N5O/c1-2-6-20-23-19-9-10-25(14-18(19)21(27)24-20)13-17-11-22-15-26(17)12-16-7-4-3-5-8-16/h3-5,7-8,11,15H,2,6,9-10,12-14H2,1H3,(H,23,24,27). The number of rotatable bonds is 6. The van der Waals surface area contributed by atoms with Gasteiger partial charge in [-0.25, -0.2) is 9.97 Å². The van der Waals surface area contributed by atoms with Crippen LogP contribution in [0.2, 0.25) is 0 Å². The van der Waals surface area contributed by atoms with Crippen molar-refractivity contribution in [3.8, 4) is 0 Å². The Labute approximate surface area is 158 Å². The fourth-order valence-corrected chi connectivity index (χ4v) is 3.65. The topological polar surface area (TPSA) is 66.8 Å². The molecule has 6 nitrogen and oxygen atoms in total. The molecule has 1 aliphatic rings. The molecule has 2 aromatic heterocycles. The molecule has 0 atom stereocenters. The minimum atomic E-state index is 0.0194. The fourth-order valence-electron chi connectivity index (χ4n) is 3.65. The zero-order valence-corrected chi connectivity index (χ0v) is 15.7. The van der Waals surface area contributed by atoms with Gasteiger partial charge in [0, 0.05) is 45.2 Å². The minimum Gasteiger partial charge on any atom is -0.329 e. The maximum absolute atomic E-state index is 12.5. The highest BCUT2D eigenvalue weighted by Gasteiger charge is 2.22. The second-order valence-electron chi connectivity index (χ2n) is 7.15. The van der Waals surface area contributed by atoms with Crippen molar-refractivity contribution >= 4 is 0 Å². The average Bonchev–Trinajstić information content (AvgIpc) is 3.10. The first-order chi connectivity index (χ1) is 13.2. The second kappa shape index (κ2) is 7.88. The summed E-state index contributed by atoms with van der Waals surface area (Å²) >= 11 is 0. The van der Waals surface area contributed by atoms with E-state index in [1.54, 1.807) is 0 Å². The first kappa shape index (κ1) is 17.7. The van der Waals surface area contributed by atoms with E-state index in [2.05, 4.69) is 55.6 Å². The number of hydrogen-bond acceptors (Lipinski definition) is 4. The summed E-state index contributed by atoms with van der Waals surface area (Å²) < 4.78 is 2.18. The van der Waals surface area contributed by atoms with Gasteiger partial charge in [0.25, 0.3) is 5.56 Å². The molecule has 3 aromatic rings. The van der Waals surface area contributed by atoms with Crippen LogP contribution in [0.25, 0.3) is 0 Å². The number of nitrogens with one attached hydrogen (secondary N) is 1. The Balaban J connectivity index is 1.48. The van der Waals surface area contributed by atoms with Crippen LogP contribution in [0.4, 0.5) is 0 Å². The summed E-state index contributed by atoms with van der Waals surface area (Å²) in [7, 11) is 0. The van der Waals surface area contributed by atoms with E-state index in [9.17, 15) is 4.79 Å². The maximum Gasteiger partial charge on any atom is 0.255 e. The van der Waals surface area contributed by atoms with Crippen LogP contribution in [0, 0.1) is 0 Å². The maximum atomic E-state index is 12.5. The third-order valence-corrected chi connectivity index (χ3v) is 5.06. The number of H-pyrrole nitrogens is 1. The summed E-state index contributed by atoms with van der Waals surface area (Å²) in [5, 5.41) is 0. The van der Waals surface area contributed by atoms with Crippen molar-refractivity contribution < 1.29 is 0 Å². The van der Waals surface area contributed by atoms with Gasteiger partial charge in [0.15, 0.2) is 0 Å². The summed E-state index contributed by atoms with van der Waals surface area (Å²) in [5.41, 5.74) is 4.22. The molecule has 0 unspecified atom stereocenters. The molecular formula is C21H25N5O. The van der Waals surface area contributed by atoms with Crippen molar-refractivity contribution in [2.24, 2.45) is 0 Å². The Morgan fingerprint density at radius 2 is 2.04 bits per heavy atom. The van der Waals surface area contributed by atoms with Crippen molar-refractivity contribution in [2.75, 3.05) is 6.54 Å². The molecule has 4 rings (SSSR count). The summed E-state index contributed by atoms with van der Waals surface area (Å²) in [6.45, 7) is 5.23. The zero-order valence-electron chi connectivity index (χ0n) is 15.7. The smallest absolute Gasteiger partial charge is 0.255 e. The largest absolute Gasteiger partial charge is 0.329 e. The monoisotopic (exact) mass is 363 g/mol. The van der Waals surface area contributed by atoms with E-state index in [4.69, 9.17) is 0 Å². The number of imidazole rings is 1. The van der Waals surface area contributed by atoms with E-state index in [1.807, 2.05) is 18.6 Å². The molecule has 27 heavy (non-hydrogen) atoms. The van der Waals surface area contributed by atoms with Crippen molar-refractivity contribution in [3.05, 3.63) is 81.5 Å². The van der Waals surface area contributed by atoms with Crippen molar-refractivity contribution in [2.45, 2.75) is 45.8 Å². The number of benzene rings is 1. The molecule has 0 saturated carbocycles. The van der Waals surface area contributed by atoms with Crippen LogP contribution < -0.4 is 5.56 Å². The molecule has 1 aliphatic heterocycles. The number of aryl methyl sites for hydroxylation is 1. The van der Waals surface area contributed by atoms with Crippen LogP contribution in [-0.4, -0.2) is 31.0 Å². The molecule has 0 fully saturated rings. The van der Waals surface area contributed by atoms with E-state index in [0.717, 1.165) is 61.7 Å². The average molecular weight is 363 g/mol. The highest BCUT2D eigenvalue weighted by Crippen LogP contribution is 2.17. The lowest BCUT2D eigenvalue weighted by Crippen LogP contribution is -2.36. The van der Waals surface area contributed by atoms with Gasteiger partial charge in [0.1, 0.15) is 5.82 Å². The van der Waals surface area contributed by atoms with E-state index >= 15 is 0 Å². The van der Waals surface area contributed by atoms with Crippen LogP contribution in [0.15, 0.2) is 47.7 Å². The summed E-state index contributed by atoms with van der Waals surface area (Å²) in [5.74, 6) is 0.815. The fraction of sp³-hybridized carbons (Fsp3) is 0.381. The molecule has 0 radical (unpaired) electrons. The second-order valence-corrected chi connectivity index (χ2v) is 7.15. The first-order valence-electron chi connectivity index (χ1n) is 9.59. The number of hydrogen-bond donors (Lipinski definition) is 1. The van der Waals surface area contributed by atoms with Crippen molar-refractivity contribution in [1.29, 1.82) is 0 Å². The lowest BCUT2D eigenvalue weighted by molar-refractivity contribution is 0.235. The number of aromatic amines is 1. The predicted octanol–water partition coefficient (Wildman–Crippen LogP) is 2.53. The van der Waals surface area contributed by atoms with Gasteiger partial charge in [0.05, 0.1) is 23.3 Å². The van der Waals surface area contributed by atoms with Gasteiger partial charge < -0.3 is 9.55 Å². The lowest BCUT2D eigenvalue weighted by atomic mass is 10.1. The molecule has 140 valence electrons. The lowest BCUT2D eigenvalue weighted by Gasteiger charge is -2.28. The highest BCUT2D eigenvalue weighted by molar-refractivity contribution is 5.21. The predicted molar refractivity (Wildman–Crippen MR) is 104 cm³/mol. The third kappa shape index (κ3) is 4.01. The molecule has 0 aliphatic carbocycles. The molecule has 0 saturated heterocycles. The SMILES string of the molecule is CCCc1nc2c(c(=O)[nH]1)CN(Cc1cncn1Cc1ccccc1)CC2. The zero-order chi connectivity index (χ0) is 18.6. The normalized spacial score (nSPS) is 14.3. The van der Waals surface area contributed by atoms with E-state index in [-0.39, 0.29) is 5.56 Å². The van der Waals surface area contributed by atoms with Gasteiger partial charge >= 0.3 is 0 Å². The molecule has 1 N–H and O–H groups in total. The number of fused-ring (bicyclic) bond motifs is 1. The quantitative estimate of drug-likeness (QED) is 0.731. The Morgan fingerprint density at radius 1 is 1.19 bits per heavy atom. The molecule has 3 heterocycles. The third-order valence-electron chi connectivity index (χ3n) is 5.06. The minimum absolute atomic E-state index is 0.0194. The van der Waals surface area contributed by atoms with Gasteiger partial charge in [-0.3, -0.25) is 9.69 Å². The Hall–Kier alpha value is -2.73. The van der Waals surface area contributed by atoms with E-state index < -0.39 is 0 Å². The molecule has 0 amide bonds. The van der Waals surface area contributed by atoms with Gasteiger partial charge in [-0.05, 0) is 12.0 Å². The van der Waals surface area contributed by atoms with Gasteiger partial charge in [-0.1, -0.05) is 37.3 Å². The van der Waals surface area contributed by atoms with Crippen molar-refractivity contribution in [3.63, 3.8) is 0 Å². The Morgan fingerprint density at radius 3 is 2.85 bits per heavy atom.